The van der Waals surface area contributed by atoms with Crippen LogP contribution in [0.25, 0.3) is 22.2 Å². The number of fused-ring (bicyclic) bond motifs is 4. The molecule has 1 aromatic carbocycles. The van der Waals surface area contributed by atoms with E-state index in [1.807, 2.05) is 24.3 Å². The Morgan fingerprint density at radius 1 is 1.17 bits per heavy atom. The molecule has 24 heavy (non-hydrogen) atoms. The number of nitrogens with zero attached hydrogens (tertiary/aromatic N) is 2. The second kappa shape index (κ2) is 4.91. The molecule has 0 atom stereocenters. The van der Waals surface area contributed by atoms with Crippen LogP contribution in [0.2, 0.25) is 0 Å². The minimum atomic E-state index is -3.54. The van der Waals surface area contributed by atoms with E-state index in [1.54, 1.807) is 0 Å². The van der Waals surface area contributed by atoms with Gasteiger partial charge >= 0.3 is 0 Å². The van der Waals surface area contributed by atoms with Crippen molar-refractivity contribution in [2.75, 3.05) is 6.26 Å². The molecule has 4 rings (SSSR count). The van der Waals surface area contributed by atoms with Crippen molar-refractivity contribution in [1.82, 2.24) is 9.55 Å². The van der Waals surface area contributed by atoms with Crippen molar-refractivity contribution in [1.29, 1.82) is 0 Å². The molecule has 0 saturated heterocycles. The van der Waals surface area contributed by atoms with Gasteiger partial charge in [0, 0.05) is 18.4 Å². The van der Waals surface area contributed by atoms with Crippen LogP contribution in [0.3, 0.4) is 0 Å². The molecule has 0 amide bonds. The molecule has 0 saturated carbocycles. The van der Waals surface area contributed by atoms with E-state index < -0.39 is 9.84 Å². The first-order chi connectivity index (χ1) is 11.4. The molecule has 0 radical (unpaired) electrons. The number of sulfone groups is 1. The summed E-state index contributed by atoms with van der Waals surface area (Å²) in [7, 11) is -3.54. The number of hydrogen-bond donors (Lipinski definition) is 1. The summed E-state index contributed by atoms with van der Waals surface area (Å²) in [6, 6.07) is 10.2. The highest BCUT2D eigenvalue weighted by atomic mass is 32.2. The molecule has 0 aliphatic carbocycles. The van der Waals surface area contributed by atoms with Gasteiger partial charge in [0.2, 0.25) is 0 Å². The maximum absolute atomic E-state index is 12.8. The summed E-state index contributed by atoms with van der Waals surface area (Å²) in [6.07, 6.45) is 1.74. The predicted octanol–water partition coefficient (Wildman–Crippen LogP) is 1.73. The van der Waals surface area contributed by atoms with Crippen LogP contribution in [0.1, 0.15) is 5.56 Å². The maximum atomic E-state index is 12.8. The van der Waals surface area contributed by atoms with Crippen molar-refractivity contribution in [3.63, 3.8) is 0 Å². The maximum Gasteiger partial charge on any atom is 0.260 e. The average molecular weight is 342 g/mol. The van der Waals surface area contributed by atoms with Gasteiger partial charge in [0.25, 0.3) is 5.56 Å². The number of hydrogen-bond acceptors (Lipinski definition) is 5. The van der Waals surface area contributed by atoms with Gasteiger partial charge in [0.1, 0.15) is 5.52 Å². The quantitative estimate of drug-likeness (QED) is 0.727. The third-order valence-corrected chi connectivity index (χ3v) is 5.31. The molecule has 1 aliphatic heterocycles. The SMILES string of the molecule is CS(=O)(=O)c1ccc2c(=O)n3c(c(O)c2n1)-c1ccccc1CC3. The summed E-state index contributed by atoms with van der Waals surface area (Å²) in [5.74, 6) is -0.165. The molecule has 1 N–H and O–H groups in total. The molecular weight excluding hydrogens is 328 g/mol. The van der Waals surface area contributed by atoms with Crippen molar-refractivity contribution in [3.05, 3.63) is 52.3 Å². The molecular formula is C17H14N2O4S. The van der Waals surface area contributed by atoms with Gasteiger partial charge in [-0.3, -0.25) is 4.79 Å². The van der Waals surface area contributed by atoms with Gasteiger partial charge in [0.15, 0.2) is 20.6 Å². The zero-order valence-corrected chi connectivity index (χ0v) is 13.7. The van der Waals surface area contributed by atoms with Crippen LogP contribution < -0.4 is 5.56 Å². The van der Waals surface area contributed by atoms with E-state index in [2.05, 4.69) is 4.98 Å². The van der Waals surface area contributed by atoms with E-state index >= 15 is 0 Å². The molecule has 2 aromatic heterocycles. The average Bonchev–Trinajstić information content (AvgIpc) is 2.57. The highest BCUT2D eigenvalue weighted by Gasteiger charge is 2.24. The predicted molar refractivity (Wildman–Crippen MR) is 89.9 cm³/mol. The van der Waals surface area contributed by atoms with Crippen LogP contribution in [-0.4, -0.2) is 29.3 Å². The van der Waals surface area contributed by atoms with Gasteiger partial charge in [0.05, 0.1) is 11.1 Å². The fourth-order valence-corrected chi connectivity index (χ4v) is 3.75. The molecule has 0 spiro atoms. The molecule has 0 unspecified atom stereocenters. The largest absolute Gasteiger partial charge is 0.504 e. The van der Waals surface area contributed by atoms with E-state index in [4.69, 9.17) is 0 Å². The van der Waals surface area contributed by atoms with Crippen molar-refractivity contribution in [2.24, 2.45) is 0 Å². The van der Waals surface area contributed by atoms with Crippen molar-refractivity contribution in [2.45, 2.75) is 18.0 Å². The Hall–Kier alpha value is -2.67. The lowest BCUT2D eigenvalue weighted by molar-refractivity contribution is 0.471. The lowest BCUT2D eigenvalue weighted by atomic mass is 9.96. The summed E-state index contributed by atoms with van der Waals surface area (Å²) >= 11 is 0. The Morgan fingerprint density at radius 3 is 2.67 bits per heavy atom. The summed E-state index contributed by atoms with van der Waals surface area (Å²) < 4.78 is 25.0. The fraction of sp³-hybridized carbons (Fsp3) is 0.176. The molecule has 0 bridgehead atoms. The van der Waals surface area contributed by atoms with Gasteiger partial charge < -0.3 is 9.67 Å². The number of rotatable bonds is 1. The van der Waals surface area contributed by atoms with Gasteiger partial charge in [-0.2, -0.15) is 0 Å². The smallest absolute Gasteiger partial charge is 0.260 e. The number of benzene rings is 1. The summed E-state index contributed by atoms with van der Waals surface area (Å²) in [4.78, 5) is 16.8. The first-order valence-corrected chi connectivity index (χ1v) is 9.32. The molecule has 7 heteroatoms. The summed E-state index contributed by atoms with van der Waals surface area (Å²) in [5, 5.41) is 10.8. The molecule has 6 nitrogen and oxygen atoms in total. The van der Waals surface area contributed by atoms with Crippen molar-refractivity contribution in [3.8, 4) is 17.0 Å². The molecule has 3 aromatic rings. The van der Waals surface area contributed by atoms with Gasteiger partial charge in [-0.1, -0.05) is 24.3 Å². The van der Waals surface area contributed by atoms with Crippen LogP contribution in [0, 0.1) is 0 Å². The van der Waals surface area contributed by atoms with Crippen LogP contribution in [0.5, 0.6) is 5.75 Å². The zero-order valence-electron chi connectivity index (χ0n) is 12.9. The van der Waals surface area contributed by atoms with Crippen molar-refractivity contribution < 1.29 is 13.5 Å². The lowest BCUT2D eigenvalue weighted by Gasteiger charge is -2.23. The minimum Gasteiger partial charge on any atom is -0.504 e. The Morgan fingerprint density at radius 2 is 1.92 bits per heavy atom. The molecule has 0 fully saturated rings. The Bertz CT molecular complexity index is 1160. The standard InChI is InChI=1S/C17H14N2O4S/c1-24(22,23)13-7-6-12-14(18-13)16(20)15-11-5-3-2-4-10(11)8-9-19(15)17(12)21/h2-7,20H,8-9H2,1H3. The Balaban J connectivity index is 2.16. The number of aromatic nitrogens is 2. The topological polar surface area (TPSA) is 89.3 Å². The number of aryl methyl sites for hydroxylation is 1. The van der Waals surface area contributed by atoms with E-state index in [0.29, 0.717) is 18.7 Å². The van der Waals surface area contributed by atoms with Crippen molar-refractivity contribution >= 4 is 20.7 Å². The number of pyridine rings is 2. The first kappa shape index (κ1) is 14.9. The highest BCUT2D eigenvalue weighted by Crippen LogP contribution is 2.37. The van der Waals surface area contributed by atoms with Gasteiger partial charge in [-0.25, -0.2) is 13.4 Å². The molecule has 1 aliphatic rings. The van der Waals surface area contributed by atoms with E-state index in [1.165, 1.54) is 16.7 Å². The monoisotopic (exact) mass is 342 g/mol. The highest BCUT2D eigenvalue weighted by molar-refractivity contribution is 7.90. The third-order valence-electron chi connectivity index (χ3n) is 4.32. The molecule has 122 valence electrons. The Kier molecular flexibility index (Phi) is 3.05. The van der Waals surface area contributed by atoms with Crippen LogP contribution in [0.4, 0.5) is 0 Å². The normalized spacial score (nSPS) is 13.5. The minimum absolute atomic E-state index is 0.0193. The van der Waals surface area contributed by atoms with E-state index in [9.17, 15) is 18.3 Å². The van der Waals surface area contributed by atoms with E-state index in [0.717, 1.165) is 17.4 Å². The zero-order chi connectivity index (χ0) is 17.1. The van der Waals surface area contributed by atoms with Gasteiger partial charge in [-0.15, -0.1) is 0 Å². The summed E-state index contributed by atoms with van der Waals surface area (Å²) in [5.41, 5.74) is 1.94. The van der Waals surface area contributed by atoms with E-state index in [-0.39, 0.29) is 27.2 Å². The third kappa shape index (κ3) is 2.05. The van der Waals surface area contributed by atoms with Crippen LogP contribution >= 0.6 is 0 Å². The summed E-state index contributed by atoms with van der Waals surface area (Å²) in [6.45, 7) is 0.461. The number of aromatic hydroxyl groups is 1. The lowest BCUT2D eigenvalue weighted by Crippen LogP contribution is -2.26. The van der Waals surface area contributed by atoms with Gasteiger partial charge in [-0.05, 0) is 24.1 Å². The van der Waals surface area contributed by atoms with Crippen LogP contribution in [-0.2, 0) is 22.8 Å². The molecule has 3 heterocycles. The first-order valence-electron chi connectivity index (χ1n) is 7.43. The second-order valence-electron chi connectivity index (χ2n) is 5.88. The fourth-order valence-electron chi connectivity index (χ4n) is 3.18. The Labute approximate surface area is 137 Å². The van der Waals surface area contributed by atoms with Crippen LogP contribution in [0.15, 0.2) is 46.2 Å². The second-order valence-corrected chi connectivity index (χ2v) is 7.84.